The summed E-state index contributed by atoms with van der Waals surface area (Å²) in [5.41, 5.74) is 2.75. The molecule has 0 unspecified atom stereocenters. The van der Waals surface area contributed by atoms with Crippen LogP contribution in [0.1, 0.15) is 18.4 Å². The first kappa shape index (κ1) is 11.2. The average molecular weight is 240 g/mol. The van der Waals surface area contributed by atoms with E-state index < -0.39 is 0 Å². The monoisotopic (exact) mass is 240 g/mol. The fourth-order valence-electron chi connectivity index (χ4n) is 2.31. The molecule has 2 heterocycles. The Bertz CT molecular complexity index is 604. The Kier molecular flexibility index (Phi) is 2.77. The summed E-state index contributed by atoms with van der Waals surface area (Å²) in [6.07, 6.45) is 7.33. The van der Waals surface area contributed by atoms with E-state index >= 15 is 0 Å². The molecule has 0 aliphatic heterocycles. The van der Waals surface area contributed by atoms with Gasteiger partial charge in [0.05, 0.1) is 6.57 Å². The van der Waals surface area contributed by atoms with Crippen LogP contribution >= 0.6 is 0 Å². The smallest absolute Gasteiger partial charge is 0.205 e. The molecule has 0 spiro atoms. The Labute approximate surface area is 106 Å². The standard InChI is InChI=1S/C14H16N4/c1-15-11-7-13-10(8-16-14(13)17-9-11)5-6-18(2)12-3-4-12/h7-9,12H,3-6H2,2H3,(H,16,17). The van der Waals surface area contributed by atoms with Crippen LogP contribution in [0, 0.1) is 6.57 Å². The Balaban J connectivity index is 1.80. The predicted molar refractivity (Wildman–Crippen MR) is 71.7 cm³/mol. The summed E-state index contributed by atoms with van der Waals surface area (Å²) in [4.78, 5) is 13.3. The molecule has 0 aromatic carbocycles. The second-order valence-electron chi connectivity index (χ2n) is 4.98. The highest BCUT2D eigenvalue weighted by molar-refractivity contribution is 5.82. The van der Waals surface area contributed by atoms with Crippen LogP contribution in [0.15, 0.2) is 18.5 Å². The highest BCUT2D eigenvalue weighted by Crippen LogP contribution is 2.26. The zero-order chi connectivity index (χ0) is 12.5. The average Bonchev–Trinajstić information content (AvgIpc) is 3.17. The van der Waals surface area contributed by atoms with Crippen LogP contribution in [0.4, 0.5) is 5.69 Å². The van der Waals surface area contributed by atoms with Crippen LogP contribution in [0.5, 0.6) is 0 Å². The zero-order valence-electron chi connectivity index (χ0n) is 10.5. The van der Waals surface area contributed by atoms with Crippen molar-refractivity contribution < 1.29 is 0 Å². The van der Waals surface area contributed by atoms with Gasteiger partial charge in [-0.05, 0) is 37.9 Å². The molecule has 0 radical (unpaired) electrons. The van der Waals surface area contributed by atoms with Gasteiger partial charge in [0.15, 0.2) is 0 Å². The van der Waals surface area contributed by atoms with E-state index in [1.54, 1.807) is 6.20 Å². The Morgan fingerprint density at radius 2 is 2.39 bits per heavy atom. The number of nitrogens with one attached hydrogen (secondary N) is 1. The Morgan fingerprint density at radius 3 is 3.11 bits per heavy atom. The van der Waals surface area contributed by atoms with Crippen molar-refractivity contribution in [2.75, 3.05) is 13.6 Å². The summed E-state index contributed by atoms with van der Waals surface area (Å²) in [7, 11) is 2.19. The van der Waals surface area contributed by atoms with Crippen LogP contribution in [0.2, 0.25) is 0 Å². The van der Waals surface area contributed by atoms with Gasteiger partial charge >= 0.3 is 0 Å². The molecule has 1 aliphatic carbocycles. The second-order valence-corrected chi connectivity index (χ2v) is 4.98. The van der Waals surface area contributed by atoms with Crippen LogP contribution in [0.25, 0.3) is 15.9 Å². The summed E-state index contributed by atoms with van der Waals surface area (Å²) in [6.45, 7) is 8.11. The van der Waals surface area contributed by atoms with E-state index in [0.29, 0.717) is 5.69 Å². The summed E-state index contributed by atoms with van der Waals surface area (Å²) < 4.78 is 0. The minimum absolute atomic E-state index is 0.610. The lowest BCUT2D eigenvalue weighted by Gasteiger charge is -2.14. The van der Waals surface area contributed by atoms with E-state index in [1.165, 1.54) is 18.4 Å². The van der Waals surface area contributed by atoms with Crippen molar-refractivity contribution in [3.8, 4) is 0 Å². The summed E-state index contributed by atoms with van der Waals surface area (Å²) in [5.74, 6) is 0. The first-order chi connectivity index (χ1) is 8.78. The maximum absolute atomic E-state index is 7.04. The quantitative estimate of drug-likeness (QED) is 0.834. The maximum atomic E-state index is 7.04. The number of aromatic nitrogens is 2. The third-order valence-electron chi connectivity index (χ3n) is 3.64. The maximum Gasteiger partial charge on any atom is 0.205 e. The molecule has 1 N–H and O–H groups in total. The van der Waals surface area contributed by atoms with Gasteiger partial charge in [-0.1, -0.05) is 0 Å². The lowest BCUT2D eigenvalue weighted by atomic mass is 10.1. The van der Waals surface area contributed by atoms with Crippen molar-refractivity contribution in [3.63, 3.8) is 0 Å². The van der Waals surface area contributed by atoms with E-state index in [1.807, 2.05) is 12.3 Å². The molecule has 2 aromatic heterocycles. The molecule has 0 amide bonds. The van der Waals surface area contributed by atoms with Gasteiger partial charge in [-0.2, -0.15) is 0 Å². The first-order valence-corrected chi connectivity index (χ1v) is 6.31. The van der Waals surface area contributed by atoms with Gasteiger partial charge in [-0.3, -0.25) is 4.98 Å². The van der Waals surface area contributed by atoms with Crippen molar-refractivity contribution >= 4 is 16.7 Å². The molecule has 0 atom stereocenters. The van der Waals surface area contributed by atoms with Crippen molar-refractivity contribution in [1.29, 1.82) is 0 Å². The van der Waals surface area contributed by atoms with E-state index in [-0.39, 0.29) is 0 Å². The number of rotatable bonds is 4. The molecule has 4 heteroatoms. The number of pyridine rings is 1. The van der Waals surface area contributed by atoms with Gasteiger partial charge in [-0.25, -0.2) is 4.85 Å². The number of nitrogens with zero attached hydrogens (tertiary/aromatic N) is 3. The van der Waals surface area contributed by atoms with Gasteiger partial charge in [0, 0.05) is 30.4 Å². The van der Waals surface area contributed by atoms with Crippen molar-refractivity contribution in [3.05, 3.63) is 35.4 Å². The lowest BCUT2D eigenvalue weighted by Crippen LogP contribution is -2.23. The predicted octanol–water partition coefficient (Wildman–Crippen LogP) is 2.75. The van der Waals surface area contributed by atoms with Crippen LogP contribution in [-0.4, -0.2) is 34.5 Å². The molecule has 0 bridgehead atoms. The fraction of sp³-hybridized carbons (Fsp3) is 0.429. The van der Waals surface area contributed by atoms with Crippen molar-refractivity contribution in [1.82, 2.24) is 14.9 Å². The fourth-order valence-corrected chi connectivity index (χ4v) is 2.31. The van der Waals surface area contributed by atoms with Crippen LogP contribution in [-0.2, 0) is 6.42 Å². The molecule has 1 fully saturated rings. The molecular formula is C14H16N4. The second kappa shape index (κ2) is 4.43. The van der Waals surface area contributed by atoms with Crippen LogP contribution < -0.4 is 0 Å². The summed E-state index contributed by atoms with van der Waals surface area (Å²) in [5, 5.41) is 1.09. The Hall–Kier alpha value is -1.86. The topological polar surface area (TPSA) is 36.3 Å². The molecule has 1 aliphatic rings. The first-order valence-electron chi connectivity index (χ1n) is 6.31. The molecule has 18 heavy (non-hydrogen) atoms. The largest absolute Gasteiger partial charge is 0.346 e. The van der Waals surface area contributed by atoms with Gasteiger partial charge in [0.1, 0.15) is 5.65 Å². The van der Waals surface area contributed by atoms with E-state index in [4.69, 9.17) is 6.57 Å². The van der Waals surface area contributed by atoms with Gasteiger partial charge in [0.2, 0.25) is 5.69 Å². The normalized spacial score (nSPS) is 15.2. The van der Waals surface area contributed by atoms with Gasteiger partial charge in [-0.15, -0.1) is 0 Å². The number of likely N-dealkylation sites (N-methyl/N-ethyl adjacent to an activating group) is 1. The molecule has 0 saturated heterocycles. The summed E-state index contributed by atoms with van der Waals surface area (Å²) >= 11 is 0. The summed E-state index contributed by atoms with van der Waals surface area (Å²) in [6, 6.07) is 2.73. The highest BCUT2D eigenvalue weighted by Gasteiger charge is 2.25. The third-order valence-corrected chi connectivity index (χ3v) is 3.64. The van der Waals surface area contributed by atoms with E-state index in [9.17, 15) is 0 Å². The van der Waals surface area contributed by atoms with E-state index in [2.05, 4.69) is 26.8 Å². The van der Waals surface area contributed by atoms with Gasteiger partial charge in [0.25, 0.3) is 0 Å². The lowest BCUT2D eigenvalue weighted by molar-refractivity contribution is 0.329. The van der Waals surface area contributed by atoms with Crippen LogP contribution in [0.3, 0.4) is 0 Å². The van der Waals surface area contributed by atoms with Gasteiger partial charge < -0.3 is 9.88 Å². The Morgan fingerprint density at radius 1 is 1.56 bits per heavy atom. The van der Waals surface area contributed by atoms with Crippen molar-refractivity contribution in [2.24, 2.45) is 0 Å². The SMILES string of the molecule is [C-]#[N+]c1cnc2[nH]cc(CCN(C)C3CC3)c2c1. The molecule has 3 rings (SSSR count). The zero-order valence-corrected chi connectivity index (χ0v) is 10.5. The molecule has 4 nitrogen and oxygen atoms in total. The van der Waals surface area contributed by atoms with E-state index in [0.717, 1.165) is 30.0 Å². The van der Waals surface area contributed by atoms with Crippen molar-refractivity contribution in [2.45, 2.75) is 25.3 Å². The molecular weight excluding hydrogens is 224 g/mol. The number of fused-ring (bicyclic) bond motifs is 1. The minimum atomic E-state index is 0.610. The molecule has 92 valence electrons. The molecule has 2 aromatic rings. The number of aromatic amines is 1. The highest BCUT2D eigenvalue weighted by atomic mass is 15.1. The number of hydrogen-bond donors (Lipinski definition) is 1. The third kappa shape index (κ3) is 2.09. The number of hydrogen-bond acceptors (Lipinski definition) is 2. The minimum Gasteiger partial charge on any atom is -0.346 e. The number of H-pyrrole nitrogens is 1. The molecule has 1 saturated carbocycles.